The molecule has 1 aromatic rings. The van der Waals surface area contributed by atoms with E-state index in [1.165, 1.54) is 0 Å². The molecule has 0 unspecified atom stereocenters. The maximum absolute atomic E-state index is 11.8. The van der Waals surface area contributed by atoms with Crippen LogP contribution >= 0.6 is 0 Å². The van der Waals surface area contributed by atoms with Crippen molar-refractivity contribution in [2.45, 2.75) is 6.04 Å². The van der Waals surface area contributed by atoms with Gasteiger partial charge in [0.1, 0.15) is 0 Å². The van der Waals surface area contributed by atoms with Crippen molar-refractivity contribution in [3.63, 3.8) is 0 Å². The molecule has 4 heteroatoms. The molecule has 0 aromatic heterocycles. The summed E-state index contributed by atoms with van der Waals surface area (Å²) < 4.78 is 0. The molecule has 3 rings (SSSR count). The molecule has 1 N–H and O–H groups in total. The van der Waals surface area contributed by atoms with Gasteiger partial charge in [0, 0.05) is 12.6 Å². The molecule has 2 aliphatic rings. The average Bonchev–Trinajstić information content (AvgIpc) is 2.79. The van der Waals surface area contributed by atoms with Crippen LogP contribution in [0.4, 0.5) is 0 Å². The van der Waals surface area contributed by atoms with E-state index >= 15 is 0 Å². The van der Waals surface area contributed by atoms with Gasteiger partial charge < -0.3 is 0 Å². The molecule has 0 bridgehead atoms. The quantitative estimate of drug-likeness (QED) is 0.717. The number of rotatable bonds is 1. The number of nitrogens with zero attached hydrogens (tertiary/aromatic N) is 1. The monoisotopic (exact) mass is 230 g/mol. The number of carbonyl (C=O) groups is 2. The van der Waals surface area contributed by atoms with E-state index in [-0.39, 0.29) is 29.7 Å². The zero-order valence-corrected chi connectivity index (χ0v) is 9.59. The predicted molar refractivity (Wildman–Crippen MR) is 61.9 cm³/mol. The highest BCUT2D eigenvalue weighted by Gasteiger charge is 2.52. The number of likely N-dealkylation sites (tertiary alicyclic amines) is 1. The second-order valence-corrected chi connectivity index (χ2v) is 4.78. The maximum Gasteiger partial charge on any atom is 0.232 e. The Hall–Kier alpha value is -1.68. The number of carbonyl (C=O) groups excluding carboxylic acids is 2. The first kappa shape index (κ1) is 10.5. The first-order chi connectivity index (χ1) is 8.18. The van der Waals surface area contributed by atoms with Crippen LogP contribution in [0, 0.1) is 11.8 Å². The fourth-order valence-electron chi connectivity index (χ4n) is 3.01. The van der Waals surface area contributed by atoms with E-state index in [1.54, 1.807) is 0 Å². The summed E-state index contributed by atoms with van der Waals surface area (Å²) in [4.78, 5) is 25.6. The summed E-state index contributed by atoms with van der Waals surface area (Å²) in [5.41, 5.74) is 1.10. The van der Waals surface area contributed by atoms with Crippen molar-refractivity contribution in [1.82, 2.24) is 10.2 Å². The van der Waals surface area contributed by atoms with Gasteiger partial charge in [0.05, 0.1) is 11.8 Å². The van der Waals surface area contributed by atoms with Crippen LogP contribution < -0.4 is 5.32 Å². The number of hydrogen-bond donors (Lipinski definition) is 1. The number of nitrogens with one attached hydrogen (secondary N) is 1. The Morgan fingerprint density at radius 1 is 1.18 bits per heavy atom. The Morgan fingerprint density at radius 2 is 1.88 bits per heavy atom. The summed E-state index contributed by atoms with van der Waals surface area (Å²) in [5.74, 6) is -0.656. The van der Waals surface area contributed by atoms with Gasteiger partial charge >= 0.3 is 0 Å². The average molecular weight is 230 g/mol. The molecule has 17 heavy (non-hydrogen) atoms. The van der Waals surface area contributed by atoms with E-state index < -0.39 is 0 Å². The van der Waals surface area contributed by atoms with Crippen LogP contribution in [-0.4, -0.2) is 30.3 Å². The molecular formula is C13H14N2O2. The SMILES string of the molecule is CN1C[C@@H]2C(=O)NC(=O)[C@@H]2[C@@H]1c1ccccc1. The lowest BCUT2D eigenvalue weighted by Crippen LogP contribution is -2.31. The third-order valence-corrected chi connectivity index (χ3v) is 3.76. The molecule has 0 spiro atoms. The first-order valence-corrected chi connectivity index (χ1v) is 5.78. The van der Waals surface area contributed by atoms with Gasteiger partial charge in [-0.25, -0.2) is 0 Å². The second-order valence-electron chi connectivity index (χ2n) is 4.78. The van der Waals surface area contributed by atoms with Crippen molar-refractivity contribution in [3.05, 3.63) is 35.9 Å². The molecule has 0 radical (unpaired) electrons. The molecule has 2 saturated heterocycles. The van der Waals surface area contributed by atoms with Crippen LogP contribution in [0.3, 0.4) is 0 Å². The topological polar surface area (TPSA) is 49.4 Å². The van der Waals surface area contributed by atoms with E-state index in [1.807, 2.05) is 37.4 Å². The summed E-state index contributed by atoms with van der Waals surface area (Å²) in [5, 5.41) is 2.43. The fourth-order valence-corrected chi connectivity index (χ4v) is 3.01. The molecule has 88 valence electrons. The highest BCUT2D eigenvalue weighted by Crippen LogP contribution is 2.42. The Labute approximate surface area is 99.6 Å². The summed E-state index contributed by atoms with van der Waals surface area (Å²) in [6, 6.07) is 9.93. The third-order valence-electron chi connectivity index (χ3n) is 3.76. The lowest BCUT2D eigenvalue weighted by Gasteiger charge is -2.23. The molecule has 0 saturated carbocycles. The van der Waals surface area contributed by atoms with Gasteiger partial charge in [-0.1, -0.05) is 30.3 Å². The van der Waals surface area contributed by atoms with E-state index in [0.29, 0.717) is 6.54 Å². The highest BCUT2D eigenvalue weighted by molar-refractivity contribution is 6.06. The van der Waals surface area contributed by atoms with Crippen molar-refractivity contribution in [2.75, 3.05) is 13.6 Å². The van der Waals surface area contributed by atoms with Gasteiger partial charge in [-0.2, -0.15) is 0 Å². The molecule has 2 aliphatic heterocycles. The largest absolute Gasteiger partial charge is 0.298 e. The zero-order valence-electron chi connectivity index (χ0n) is 9.59. The van der Waals surface area contributed by atoms with Gasteiger partial charge in [0.15, 0.2) is 0 Å². The highest BCUT2D eigenvalue weighted by atomic mass is 16.2. The Morgan fingerprint density at radius 3 is 2.59 bits per heavy atom. The van der Waals surface area contributed by atoms with Crippen LogP contribution in [0.1, 0.15) is 11.6 Å². The number of benzene rings is 1. The van der Waals surface area contributed by atoms with Gasteiger partial charge in [-0.15, -0.1) is 0 Å². The summed E-state index contributed by atoms with van der Waals surface area (Å²) in [7, 11) is 1.97. The van der Waals surface area contributed by atoms with Crippen LogP contribution in [0.5, 0.6) is 0 Å². The molecule has 2 fully saturated rings. The van der Waals surface area contributed by atoms with Crippen molar-refractivity contribution in [2.24, 2.45) is 11.8 Å². The molecule has 2 amide bonds. The predicted octanol–water partition coefficient (Wildman–Crippen LogP) is 0.562. The zero-order chi connectivity index (χ0) is 12.0. The van der Waals surface area contributed by atoms with Gasteiger partial charge in [0.25, 0.3) is 0 Å². The van der Waals surface area contributed by atoms with Crippen molar-refractivity contribution >= 4 is 11.8 Å². The molecule has 4 nitrogen and oxygen atoms in total. The smallest absolute Gasteiger partial charge is 0.232 e. The van der Waals surface area contributed by atoms with Crippen molar-refractivity contribution in [1.29, 1.82) is 0 Å². The van der Waals surface area contributed by atoms with Gasteiger partial charge in [0.2, 0.25) is 11.8 Å². The second kappa shape index (κ2) is 3.67. The summed E-state index contributed by atoms with van der Waals surface area (Å²) >= 11 is 0. The summed E-state index contributed by atoms with van der Waals surface area (Å²) in [6.45, 7) is 0.655. The van der Waals surface area contributed by atoms with Crippen LogP contribution in [0.15, 0.2) is 30.3 Å². The number of hydrogen-bond acceptors (Lipinski definition) is 3. The summed E-state index contributed by atoms with van der Waals surface area (Å²) in [6.07, 6.45) is 0. The molecule has 2 heterocycles. The molecular weight excluding hydrogens is 216 g/mol. The van der Waals surface area contributed by atoms with Gasteiger partial charge in [-0.3, -0.25) is 19.8 Å². The minimum absolute atomic E-state index is 0.0210. The lowest BCUT2D eigenvalue weighted by atomic mass is 9.89. The van der Waals surface area contributed by atoms with Crippen LogP contribution in [0.25, 0.3) is 0 Å². The minimum Gasteiger partial charge on any atom is -0.298 e. The van der Waals surface area contributed by atoms with Crippen molar-refractivity contribution < 1.29 is 9.59 Å². The fraction of sp³-hybridized carbons (Fsp3) is 0.385. The maximum atomic E-state index is 11.8. The Bertz CT molecular complexity index is 472. The minimum atomic E-state index is -0.227. The molecule has 3 atom stereocenters. The van der Waals surface area contributed by atoms with E-state index in [2.05, 4.69) is 10.2 Å². The molecule has 0 aliphatic carbocycles. The lowest BCUT2D eigenvalue weighted by molar-refractivity contribution is -0.127. The Balaban J connectivity index is 2.00. The number of amides is 2. The molecule has 1 aromatic carbocycles. The van der Waals surface area contributed by atoms with E-state index in [4.69, 9.17) is 0 Å². The van der Waals surface area contributed by atoms with Crippen LogP contribution in [0.2, 0.25) is 0 Å². The van der Waals surface area contributed by atoms with Gasteiger partial charge in [-0.05, 0) is 12.6 Å². The normalized spacial score (nSPS) is 32.6. The van der Waals surface area contributed by atoms with Crippen LogP contribution in [-0.2, 0) is 9.59 Å². The standard InChI is InChI=1S/C13H14N2O2/c1-15-7-9-10(13(17)14-12(9)16)11(15)8-5-3-2-4-6-8/h2-6,9-11H,7H2,1H3,(H,14,16,17)/t9-,10-,11-/m0/s1. The Kier molecular flexibility index (Phi) is 2.26. The van der Waals surface area contributed by atoms with E-state index in [9.17, 15) is 9.59 Å². The van der Waals surface area contributed by atoms with E-state index in [0.717, 1.165) is 5.56 Å². The number of fused-ring (bicyclic) bond motifs is 1. The first-order valence-electron chi connectivity index (χ1n) is 5.78. The third kappa shape index (κ3) is 1.48. The number of imide groups is 1. The van der Waals surface area contributed by atoms with Crippen molar-refractivity contribution in [3.8, 4) is 0 Å².